The summed E-state index contributed by atoms with van der Waals surface area (Å²) in [6.45, 7) is 1.78. The first-order valence-corrected chi connectivity index (χ1v) is 10.3. The number of nitrogens with one attached hydrogen (secondary N) is 1. The lowest BCUT2D eigenvalue weighted by atomic mass is 10.00. The van der Waals surface area contributed by atoms with Crippen LogP contribution in [0.1, 0.15) is 12.0 Å². The van der Waals surface area contributed by atoms with Crippen LogP contribution < -0.4 is 5.32 Å². The van der Waals surface area contributed by atoms with Crippen molar-refractivity contribution < 1.29 is 13.2 Å². The fourth-order valence-corrected chi connectivity index (χ4v) is 5.71. The second kappa shape index (κ2) is 7.25. The van der Waals surface area contributed by atoms with Gasteiger partial charge in [-0.05, 0) is 17.6 Å². The van der Waals surface area contributed by atoms with E-state index in [9.17, 15) is 13.2 Å². The number of halogens is 1. The number of hydrogen-bond donors (Lipinski definition) is 1. The number of amides is 1. The summed E-state index contributed by atoms with van der Waals surface area (Å²) in [6, 6.07) is 9.74. The quantitative estimate of drug-likeness (QED) is 0.813. The summed E-state index contributed by atoms with van der Waals surface area (Å²) < 4.78 is 23.1. The van der Waals surface area contributed by atoms with Gasteiger partial charge in [0.25, 0.3) is 0 Å². The summed E-state index contributed by atoms with van der Waals surface area (Å²) in [5.41, 5.74) is 2.53. The SMILES string of the molecule is O=C(CN1CC=C(c2ccccc2)CC1)N[C@@H]1CS(=O)(=O)C[C@@H]1Cl. The molecule has 2 aliphatic heterocycles. The van der Waals surface area contributed by atoms with Gasteiger partial charge in [-0.15, -0.1) is 11.6 Å². The summed E-state index contributed by atoms with van der Waals surface area (Å²) in [6.07, 6.45) is 3.05. The maximum atomic E-state index is 12.1. The molecule has 7 heteroatoms. The van der Waals surface area contributed by atoms with Crippen molar-refractivity contribution in [1.82, 2.24) is 10.2 Å². The molecule has 1 amide bonds. The largest absolute Gasteiger partial charge is 0.350 e. The Bertz CT molecular complexity index is 733. The summed E-state index contributed by atoms with van der Waals surface area (Å²) in [5, 5.41) is 2.22. The van der Waals surface area contributed by atoms with Crippen LogP contribution in [0.5, 0.6) is 0 Å². The molecule has 2 atom stereocenters. The molecule has 2 aliphatic rings. The highest BCUT2D eigenvalue weighted by Crippen LogP contribution is 2.22. The minimum atomic E-state index is -3.13. The maximum Gasteiger partial charge on any atom is 0.234 e. The van der Waals surface area contributed by atoms with Crippen LogP contribution in [0.2, 0.25) is 0 Å². The van der Waals surface area contributed by atoms with Gasteiger partial charge in [0.15, 0.2) is 9.84 Å². The van der Waals surface area contributed by atoms with E-state index in [-0.39, 0.29) is 24.0 Å². The summed E-state index contributed by atoms with van der Waals surface area (Å²) in [7, 11) is -3.13. The maximum absolute atomic E-state index is 12.1. The monoisotopic (exact) mass is 368 g/mol. The van der Waals surface area contributed by atoms with Gasteiger partial charge in [0.05, 0.1) is 29.5 Å². The van der Waals surface area contributed by atoms with Gasteiger partial charge in [0.1, 0.15) is 0 Å². The Hall–Kier alpha value is -1.37. The molecule has 1 fully saturated rings. The standard InChI is InChI=1S/C17H21ClN2O3S/c18-15-11-24(22,23)12-16(15)19-17(21)10-20-8-6-14(7-9-20)13-4-2-1-3-5-13/h1-6,15-16H,7-12H2,(H,19,21)/t15-,16+/m0/s1. The van der Waals surface area contributed by atoms with Crippen LogP contribution in [0.25, 0.3) is 5.57 Å². The van der Waals surface area contributed by atoms with Gasteiger partial charge in [-0.25, -0.2) is 8.42 Å². The van der Waals surface area contributed by atoms with Crippen LogP contribution in [-0.4, -0.2) is 61.8 Å². The van der Waals surface area contributed by atoms with Crippen molar-refractivity contribution in [2.24, 2.45) is 0 Å². The Morgan fingerprint density at radius 1 is 1.25 bits per heavy atom. The molecule has 2 heterocycles. The van der Waals surface area contributed by atoms with Crippen LogP contribution in [0.15, 0.2) is 36.4 Å². The fourth-order valence-electron chi connectivity index (χ4n) is 3.16. The van der Waals surface area contributed by atoms with E-state index < -0.39 is 21.3 Å². The molecule has 1 aromatic rings. The first-order valence-electron chi connectivity index (χ1n) is 8.03. The zero-order valence-corrected chi connectivity index (χ0v) is 14.9. The van der Waals surface area contributed by atoms with Gasteiger partial charge in [-0.1, -0.05) is 36.4 Å². The predicted molar refractivity (Wildman–Crippen MR) is 95.7 cm³/mol. The third kappa shape index (κ3) is 4.37. The predicted octanol–water partition coefficient (Wildman–Crippen LogP) is 1.30. The first kappa shape index (κ1) is 17.5. The van der Waals surface area contributed by atoms with Gasteiger partial charge in [-0.2, -0.15) is 0 Å². The molecular formula is C17H21ClN2O3S. The number of carbonyl (C=O) groups is 1. The van der Waals surface area contributed by atoms with E-state index in [1.54, 1.807) is 0 Å². The summed E-state index contributed by atoms with van der Waals surface area (Å²) in [5.74, 6) is -0.295. The highest BCUT2D eigenvalue weighted by atomic mass is 35.5. The molecule has 0 aliphatic carbocycles. The average Bonchev–Trinajstić information content (AvgIpc) is 2.80. The molecule has 0 bridgehead atoms. The average molecular weight is 369 g/mol. The lowest BCUT2D eigenvalue weighted by molar-refractivity contribution is -0.122. The molecule has 0 radical (unpaired) electrons. The van der Waals surface area contributed by atoms with Crippen molar-refractivity contribution in [3.05, 3.63) is 42.0 Å². The Morgan fingerprint density at radius 3 is 2.58 bits per heavy atom. The zero-order valence-electron chi connectivity index (χ0n) is 13.3. The van der Waals surface area contributed by atoms with Crippen molar-refractivity contribution in [2.75, 3.05) is 31.1 Å². The number of sulfone groups is 1. The van der Waals surface area contributed by atoms with Crippen molar-refractivity contribution in [3.63, 3.8) is 0 Å². The van der Waals surface area contributed by atoms with E-state index in [0.29, 0.717) is 6.54 Å². The third-order valence-electron chi connectivity index (χ3n) is 4.43. The van der Waals surface area contributed by atoms with E-state index in [1.165, 1.54) is 11.1 Å². The lowest BCUT2D eigenvalue weighted by Gasteiger charge is -2.26. The van der Waals surface area contributed by atoms with E-state index in [2.05, 4.69) is 28.4 Å². The Labute approximate surface area is 147 Å². The van der Waals surface area contributed by atoms with Crippen LogP contribution in [-0.2, 0) is 14.6 Å². The molecule has 1 aromatic carbocycles. The summed E-state index contributed by atoms with van der Waals surface area (Å²) >= 11 is 6.02. The molecule has 130 valence electrons. The van der Waals surface area contributed by atoms with E-state index in [1.807, 2.05) is 18.2 Å². The molecule has 0 unspecified atom stereocenters. The number of rotatable bonds is 4. The fraction of sp³-hybridized carbons (Fsp3) is 0.471. The van der Waals surface area contributed by atoms with Crippen LogP contribution in [0, 0.1) is 0 Å². The van der Waals surface area contributed by atoms with Crippen LogP contribution >= 0.6 is 11.6 Å². The highest BCUT2D eigenvalue weighted by Gasteiger charge is 2.37. The summed E-state index contributed by atoms with van der Waals surface area (Å²) in [4.78, 5) is 14.2. The second-order valence-corrected chi connectivity index (χ2v) is 9.06. The Morgan fingerprint density at radius 2 is 2.00 bits per heavy atom. The number of nitrogens with zero attached hydrogens (tertiary/aromatic N) is 1. The molecule has 1 N–H and O–H groups in total. The van der Waals surface area contributed by atoms with Crippen LogP contribution in [0.4, 0.5) is 0 Å². The number of benzene rings is 1. The van der Waals surface area contributed by atoms with Crippen molar-refractivity contribution in [2.45, 2.75) is 17.8 Å². The number of carbonyl (C=O) groups excluding carboxylic acids is 1. The van der Waals surface area contributed by atoms with E-state index in [4.69, 9.17) is 11.6 Å². The van der Waals surface area contributed by atoms with Crippen molar-refractivity contribution >= 4 is 32.9 Å². The topological polar surface area (TPSA) is 66.5 Å². The van der Waals surface area contributed by atoms with Gasteiger partial charge >= 0.3 is 0 Å². The van der Waals surface area contributed by atoms with Crippen molar-refractivity contribution in [3.8, 4) is 0 Å². The smallest absolute Gasteiger partial charge is 0.234 e. The number of alkyl halides is 1. The van der Waals surface area contributed by atoms with E-state index >= 15 is 0 Å². The minimum Gasteiger partial charge on any atom is -0.350 e. The van der Waals surface area contributed by atoms with Gasteiger partial charge in [-0.3, -0.25) is 9.69 Å². The second-order valence-electron chi connectivity index (χ2n) is 6.35. The molecule has 0 saturated carbocycles. The van der Waals surface area contributed by atoms with Crippen LogP contribution in [0.3, 0.4) is 0 Å². The molecule has 1 saturated heterocycles. The molecular weight excluding hydrogens is 348 g/mol. The molecule has 0 aromatic heterocycles. The van der Waals surface area contributed by atoms with Crippen molar-refractivity contribution in [1.29, 1.82) is 0 Å². The van der Waals surface area contributed by atoms with Gasteiger partial charge in [0.2, 0.25) is 5.91 Å². The Kier molecular flexibility index (Phi) is 5.27. The van der Waals surface area contributed by atoms with E-state index in [0.717, 1.165) is 13.0 Å². The number of hydrogen-bond acceptors (Lipinski definition) is 4. The zero-order chi connectivity index (χ0) is 17.2. The molecule has 5 nitrogen and oxygen atoms in total. The normalized spacial score (nSPS) is 26.8. The van der Waals surface area contributed by atoms with Gasteiger partial charge in [0, 0.05) is 13.1 Å². The molecule has 0 spiro atoms. The van der Waals surface area contributed by atoms with Gasteiger partial charge < -0.3 is 5.32 Å². The first-order chi connectivity index (χ1) is 11.4. The Balaban J connectivity index is 1.51. The molecule has 3 rings (SSSR count). The third-order valence-corrected chi connectivity index (χ3v) is 6.81. The highest BCUT2D eigenvalue weighted by molar-refractivity contribution is 7.91. The minimum absolute atomic E-state index is 0.0631. The lowest BCUT2D eigenvalue weighted by Crippen LogP contribution is -2.46. The molecule has 24 heavy (non-hydrogen) atoms.